The maximum Gasteiger partial charge on any atom is 0.251 e. The molecule has 1 saturated heterocycles. The van der Waals surface area contributed by atoms with Gasteiger partial charge in [-0.05, 0) is 55.8 Å². The monoisotopic (exact) mass is 393 g/mol. The largest absolute Gasteiger partial charge is 0.326 e. The second-order valence-electron chi connectivity index (χ2n) is 7.34. The number of halogens is 1. The van der Waals surface area contributed by atoms with E-state index < -0.39 is 5.92 Å². The molecule has 4 rings (SSSR count). The lowest BCUT2D eigenvalue weighted by Crippen LogP contribution is -2.28. The van der Waals surface area contributed by atoms with Crippen LogP contribution in [0.25, 0.3) is 10.9 Å². The van der Waals surface area contributed by atoms with Gasteiger partial charge in [0.15, 0.2) is 0 Å². The van der Waals surface area contributed by atoms with Gasteiger partial charge in [-0.25, -0.2) is 4.39 Å². The zero-order valence-corrected chi connectivity index (χ0v) is 16.1. The Morgan fingerprint density at radius 1 is 1.10 bits per heavy atom. The van der Waals surface area contributed by atoms with Crippen LogP contribution in [0.5, 0.6) is 0 Å². The Morgan fingerprint density at radius 2 is 1.83 bits per heavy atom. The van der Waals surface area contributed by atoms with E-state index in [2.05, 4.69) is 10.3 Å². The molecule has 1 fully saturated rings. The molecule has 2 aromatic carbocycles. The first-order chi connectivity index (χ1) is 13.8. The van der Waals surface area contributed by atoms with Crippen LogP contribution < -0.4 is 15.8 Å². The van der Waals surface area contributed by atoms with Crippen molar-refractivity contribution in [3.05, 3.63) is 69.8 Å². The Kier molecular flexibility index (Phi) is 4.66. The number of carbonyl (C=O) groups excluding carboxylic acids is 2. The van der Waals surface area contributed by atoms with Crippen molar-refractivity contribution in [2.45, 2.75) is 20.3 Å². The fourth-order valence-corrected chi connectivity index (χ4v) is 3.64. The number of nitrogens with one attached hydrogen (secondary N) is 2. The van der Waals surface area contributed by atoms with Crippen molar-refractivity contribution in [2.75, 3.05) is 16.8 Å². The number of aromatic nitrogens is 1. The van der Waals surface area contributed by atoms with Crippen molar-refractivity contribution in [1.29, 1.82) is 0 Å². The molecule has 1 aliphatic rings. The minimum atomic E-state index is -0.512. The Labute approximate surface area is 166 Å². The third-order valence-electron chi connectivity index (χ3n) is 5.48. The number of rotatable bonds is 3. The summed E-state index contributed by atoms with van der Waals surface area (Å²) in [5.41, 5.74) is 3.17. The summed E-state index contributed by atoms with van der Waals surface area (Å²) in [6.07, 6.45) is 0.0892. The molecule has 7 heteroatoms. The molecule has 2 amide bonds. The predicted molar refractivity (Wildman–Crippen MR) is 110 cm³/mol. The Bertz CT molecular complexity index is 1180. The first-order valence-electron chi connectivity index (χ1n) is 9.33. The van der Waals surface area contributed by atoms with E-state index in [4.69, 9.17) is 0 Å². The number of aryl methyl sites for hydroxylation is 1. The summed E-state index contributed by atoms with van der Waals surface area (Å²) in [7, 11) is 0. The van der Waals surface area contributed by atoms with Gasteiger partial charge in [-0.1, -0.05) is 6.07 Å². The van der Waals surface area contributed by atoms with Gasteiger partial charge < -0.3 is 15.2 Å². The minimum Gasteiger partial charge on any atom is -0.326 e. The zero-order chi connectivity index (χ0) is 20.7. The summed E-state index contributed by atoms with van der Waals surface area (Å²) >= 11 is 0. The average Bonchev–Trinajstić information content (AvgIpc) is 3.08. The second-order valence-corrected chi connectivity index (χ2v) is 7.34. The summed E-state index contributed by atoms with van der Waals surface area (Å²) in [5, 5.41) is 3.75. The highest BCUT2D eigenvalue weighted by molar-refractivity contribution is 6.04. The van der Waals surface area contributed by atoms with Gasteiger partial charge in [-0.2, -0.15) is 0 Å². The quantitative estimate of drug-likeness (QED) is 0.717. The normalized spacial score (nSPS) is 16.4. The van der Waals surface area contributed by atoms with Crippen LogP contribution in [0, 0.1) is 25.6 Å². The van der Waals surface area contributed by atoms with Crippen LogP contribution in [-0.4, -0.2) is 23.3 Å². The standard InChI is InChI=1S/C22H20FN3O3/c1-12-13(2)21(28)25-19-10-16(5-8-18(12)19)24-22(29)14-9-20(27)26(11-14)17-6-3-15(23)4-7-17/h3-8,10,14H,9,11H2,1-2H3,(H,24,29)(H,25,28). The van der Waals surface area contributed by atoms with Crippen LogP contribution in [0.2, 0.25) is 0 Å². The van der Waals surface area contributed by atoms with E-state index in [1.54, 1.807) is 19.1 Å². The maximum absolute atomic E-state index is 13.1. The second kappa shape index (κ2) is 7.16. The van der Waals surface area contributed by atoms with Crippen LogP contribution in [0.1, 0.15) is 17.5 Å². The van der Waals surface area contributed by atoms with Crippen molar-refractivity contribution in [2.24, 2.45) is 5.92 Å². The topological polar surface area (TPSA) is 82.3 Å². The van der Waals surface area contributed by atoms with Gasteiger partial charge in [-0.3, -0.25) is 14.4 Å². The van der Waals surface area contributed by atoms with Gasteiger partial charge in [-0.15, -0.1) is 0 Å². The van der Waals surface area contributed by atoms with Gasteiger partial charge in [0.05, 0.1) is 11.4 Å². The number of H-pyrrole nitrogens is 1. The first-order valence-corrected chi connectivity index (χ1v) is 9.33. The third-order valence-corrected chi connectivity index (χ3v) is 5.48. The van der Waals surface area contributed by atoms with E-state index in [9.17, 15) is 18.8 Å². The molecule has 0 bridgehead atoms. The molecule has 0 radical (unpaired) electrons. The van der Waals surface area contributed by atoms with Gasteiger partial charge in [0.25, 0.3) is 5.56 Å². The lowest BCUT2D eigenvalue weighted by molar-refractivity contribution is -0.122. The van der Waals surface area contributed by atoms with Crippen molar-refractivity contribution < 1.29 is 14.0 Å². The Hall–Kier alpha value is -3.48. The fourth-order valence-electron chi connectivity index (χ4n) is 3.64. The van der Waals surface area contributed by atoms with E-state index in [1.165, 1.54) is 29.2 Å². The smallest absolute Gasteiger partial charge is 0.251 e. The molecular weight excluding hydrogens is 373 g/mol. The molecule has 148 valence electrons. The van der Waals surface area contributed by atoms with Crippen LogP contribution in [-0.2, 0) is 9.59 Å². The lowest BCUT2D eigenvalue weighted by Gasteiger charge is -2.16. The van der Waals surface area contributed by atoms with E-state index in [0.717, 1.165) is 10.9 Å². The number of carbonyl (C=O) groups is 2. The molecule has 0 saturated carbocycles. The summed E-state index contributed by atoms with van der Waals surface area (Å²) in [6.45, 7) is 3.89. The van der Waals surface area contributed by atoms with Gasteiger partial charge in [0.1, 0.15) is 5.82 Å². The molecule has 1 aliphatic heterocycles. The highest BCUT2D eigenvalue weighted by Crippen LogP contribution is 2.27. The Balaban J connectivity index is 1.52. The van der Waals surface area contributed by atoms with E-state index in [1.807, 2.05) is 13.0 Å². The molecule has 3 aromatic rings. The zero-order valence-electron chi connectivity index (χ0n) is 16.1. The summed E-state index contributed by atoms with van der Waals surface area (Å²) in [5.74, 6) is -1.34. The minimum absolute atomic E-state index is 0.0892. The number of hydrogen-bond donors (Lipinski definition) is 2. The third kappa shape index (κ3) is 3.51. The number of benzene rings is 2. The average molecular weight is 393 g/mol. The highest BCUT2D eigenvalue weighted by Gasteiger charge is 2.35. The summed E-state index contributed by atoms with van der Waals surface area (Å²) in [6, 6.07) is 11.0. The Morgan fingerprint density at radius 3 is 2.55 bits per heavy atom. The SMILES string of the molecule is Cc1c(C)c2ccc(NC(=O)C3CC(=O)N(c4ccc(F)cc4)C3)cc2[nH]c1=O. The molecule has 29 heavy (non-hydrogen) atoms. The highest BCUT2D eigenvalue weighted by atomic mass is 19.1. The number of fused-ring (bicyclic) bond motifs is 1. The number of aromatic amines is 1. The number of pyridine rings is 1. The van der Waals surface area contributed by atoms with Crippen LogP contribution in [0.4, 0.5) is 15.8 Å². The van der Waals surface area contributed by atoms with E-state index in [0.29, 0.717) is 22.5 Å². The summed E-state index contributed by atoms with van der Waals surface area (Å²) in [4.78, 5) is 41.3. The molecule has 2 heterocycles. The molecule has 2 N–H and O–H groups in total. The molecule has 6 nitrogen and oxygen atoms in total. The van der Waals surface area contributed by atoms with Gasteiger partial charge in [0, 0.05) is 35.3 Å². The van der Waals surface area contributed by atoms with Crippen molar-refractivity contribution in [3.8, 4) is 0 Å². The first kappa shape index (κ1) is 18.9. The van der Waals surface area contributed by atoms with Crippen molar-refractivity contribution in [3.63, 3.8) is 0 Å². The fraction of sp³-hybridized carbons (Fsp3) is 0.227. The van der Waals surface area contributed by atoms with E-state index >= 15 is 0 Å². The van der Waals surface area contributed by atoms with Gasteiger partial charge >= 0.3 is 0 Å². The molecule has 1 aromatic heterocycles. The van der Waals surface area contributed by atoms with Crippen LogP contribution in [0.15, 0.2) is 47.3 Å². The van der Waals surface area contributed by atoms with Crippen LogP contribution >= 0.6 is 0 Å². The van der Waals surface area contributed by atoms with E-state index in [-0.39, 0.29) is 36.2 Å². The summed E-state index contributed by atoms with van der Waals surface area (Å²) < 4.78 is 13.1. The molecular formula is C22H20FN3O3. The van der Waals surface area contributed by atoms with Gasteiger partial charge in [0.2, 0.25) is 11.8 Å². The molecule has 0 spiro atoms. The maximum atomic E-state index is 13.1. The number of hydrogen-bond acceptors (Lipinski definition) is 3. The molecule has 0 aliphatic carbocycles. The van der Waals surface area contributed by atoms with Crippen molar-refractivity contribution in [1.82, 2.24) is 4.98 Å². The molecule has 1 unspecified atom stereocenters. The number of nitrogens with zero attached hydrogens (tertiary/aromatic N) is 1. The predicted octanol–water partition coefficient (Wildman–Crippen LogP) is 3.28. The van der Waals surface area contributed by atoms with Crippen LogP contribution in [0.3, 0.4) is 0 Å². The molecule has 1 atom stereocenters. The number of amides is 2. The lowest BCUT2D eigenvalue weighted by atomic mass is 10.0. The number of anilines is 2. The van der Waals surface area contributed by atoms with Crippen molar-refractivity contribution >= 4 is 34.1 Å².